The van der Waals surface area contributed by atoms with Gasteiger partial charge in [-0.3, -0.25) is 4.79 Å². The Bertz CT molecular complexity index is 466. The van der Waals surface area contributed by atoms with Crippen LogP contribution < -0.4 is 15.0 Å². The average Bonchev–Trinajstić information content (AvgIpc) is 2.59. The first-order valence-corrected chi connectivity index (χ1v) is 7.24. The summed E-state index contributed by atoms with van der Waals surface area (Å²) in [4.78, 5) is 14.3. The maximum absolute atomic E-state index is 12.4. The van der Waals surface area contributed by atoms with Gasteiger partial charge < -0.3 is 15.0 Å². The van der Waals surface area contributed by atoms with Crippen LogP contribution in [-0.4, -0.2) is 31.1 Å². The molecule has 110 valence electrons. The van der Waals surface area contributed by atoms with E-state index >= 15 is 0 Å². The molecule has 0 spiro atoms. The van der Waals surface area contributed by atoms with Crippen LogP contribution in [-0.2, 0) is 4.79 Å². The molecule has 4 heteroatoms. The number of amides is 1. The van der Waals surface area contributed by atoms with Gasteiger partial charge in [0.05, 0.1) is 12.3 Å². The summed E-state index contributed by atoms with van der Waals surface area (Å²) in [6, 6.07) is 7.76. The number of hydrogen-bond donors (Lipinski definition) is 1. The maximum atomic E-state index is 12.4. The Labute approximate surface area is 121 Å². The zero-order valence-electron chi connectivity index (χ0n) is 12.6. The number of rotatable bonds is 3. The minimum absolute atomic E-state index is 0.0418. The zero-order valence-corrected chi connectivity index (χ0v) is 12.6. The number of hydrogen-bond acceptors (Lipinski definition) is 3. The van der Waals surface area contributed by atoms with E-state index in [1.54, 1.807) is 0 Å². The lowest BCUT2D eigenvalue weighted by Crippen LogP contribution is -2.39. The number of carbonyl (C=O) groups excluding carboxylic acids is 1. The lowest BCUT2D eigenvalue weighted by atomic mass is 10.1. The third-order valence-corrected chi connectivity index (χ3v) is 3.23. The van der Waals surface area contributed by atoms with Gasteiger partial charge in [0.25, 0.3) is 0 Å². The number of nitrogens with one attached hydrogen (secondary N) is 1. The molecule has 2 rings (SSSR count). The average molecular weight is 276 g/mol. The van der Waals surface area contributed by atoms with Crippen molar-refractivity contribution in [1.82, 2.24) is 5.32 Å². The molecule has 0 radical (unpaired) electrons. The van der Waals surface area contributed by atoms with Crippen LogP contribution in [0, 0.1) is 0 Å². The summed E-state index contributed by atoms with van der Waals surface area (Å²) in [5.41, 5.74) is 0.936. The number of ether oxygens (including phenoxy) is 1. The summed E-state index contributed by atoms with van der Waals surface area (Å²) >= 11 is 0. The molecule has 0 atom stereocenters. The molecule has 1 aliphatic heterocycles. The van der Waals surface area contributed by atoms with Crippen molar-refractivity contribution in [3.63, 3.8) is 0 Å². The highest BCUT2D eigenvalue weighted by atomic mass is 16.5. The van der Waals surface area contributed by atoms with E-state index in [-0.39, 0.29) is 11.4 Å². The summed E-state index contributed by atoms with van der Waals surface area (Å²) in [6.45, 7) is 8.40. The molecule has 0 fully saturated rings. The summed E-state index contributed by atoms with van der Waals surface area (Å²) in [5, 5.41) is 3.35. The topological polar surface area (TPSA) is 41.6 Å². The van der Waals surface area contributed by atoms with Crippen molar-refractivity contribution in [2.24, 2.45) is 0 Å². The second kappa shape index (κ2) is 6.27. The predicted molar refractivity (Wildman–Crippen MR) is 81.3 cm³/mol. The Hall–Kier alpha value is -1.55. The smallest absolute Gasteiger partial charge is 0.228 e. The second-order valence-corrected chi connectivity index (χ2v) is 6.14. The fraction of sp³-hybridized carbons (Fsp3) is 0.562. The van der Waals surface area contributed by atoms with Crippen LogP contribution in [0.25, 0.3) is 0 Å². The number of para-hydroxylation sites is 2. The number of benzene rings is 1. The molecule has 4 nitrogen and oxygen atoms in total. The van der Waals surface area contributed by atoms with Crippen molar-refractivity contribution in [3.8, 4) is 5.75 Å². The molecule has 1 amide bonds. The highest BCUT2D eigenvalue weighted by Gasteiger charge is 2.21. The van der Waals surface area contributed by atoms with Gasteiger partial charge in [-0.2, -0.15) is 0 Å². The molecule has 0 saturated heterocycles. The fourth-order valence-electron chi connectivity index (χ4n) is 2.27. The van der Waals surface area contributed by atoms with E-state index in [1.165, 1.54) is 0 Å². The van der Waals surface area contributed by atoms with E-state index in [9.17, 15) is 4.79 Å². The summed E-state index contributed by atoms with van der Waals surface area (Å²) in [5.74, 6) is 0.960. The van der Waals surface area contributed by atoms with E-state index in [0.717, 1.165) is 24.4 Å². The van der Waals surface area contributed by atoms with Gasteiger partial charge in [0.2, 0.25) is 5.91 Å². The number of anilines is 1. The van der Waals surface area contributed by atoms with E-state index in [4.69, 9.17) is 4.74 Å². The van der Waals surface area contributed by atoms with Gasteiger partial charge >= 0.3 is 0 Å². The molecule has 0 bridgehead atoms. The quantitative estimate of drug-likeness (QED) is 0.922. The van der Waals surface area contributed by atoms with Crippen LogP contribution in [0.1, 0.15) is 33.6 Å². The third kappa shape index (κ3) is 3.97. The van der Waals surface area contributed by atoms with Crippen molar-refractivity contribution in [3.05, 3.63) is 24.3 Å². The first-order chi connectivity index (χ1) is 9.47. The molecule has 0 aliphatic carbocycles. The number of nitrogens with zero attached hydrogens (tertiary/aromatic N) is 1. The van der Waals surface area contributed by atoms with E-state index in [1.807, 2.05) is 29.2 Å². The lowest BCUT2D eigenvalue weighted by Gasteiger charge is -2.24. The van der Waals surface area contributed by atoms with Crippen LogP contribution in [0.4, 0.5) is 5.69 Å². The molecule has 1 heterocycles. The Kier molecular flexibility index (Phi) is 4.65. The standard InChI is InChI=1S/C16H24N2O2/c1-16(2,3)17-10-9-15(19)18-11-6-12-20-14-8-5-4-7-13(14)18/h4-5,7-8,17H,6,9-12H2,1-3H3. The minimum Gasteiger partial charge on any atom is -0.491 e. The molecule has 1 aromatic rings. The van der Waals surface area contributed by atoms with Gasteiger partial charge in [-0.25, -0.2) is 0 Å². The first kappa shape index (κ1) is 14.9. The highest BCUT2D eigenvalue weighted by Crippen LogP contribution is 2.30. The fourth-order valence-corrected chi connectivity index (χ4v) is 2.27. The molecule has 0 saturated carbocycles. The van der Waals surface area contributed by atoms with Crippen LogP contribution in [0.2, 0.25) is 0 Å². The first-order valence-electron chi connectivity index (χ1n) is 7.24. The van der Waals surface area contributed by atoms with Crippen molar-refractivity contribution >= 4 is 11.6 Å². The highest BCUT2D eigenvalue weighted by molar-refractivity contribution is 5.95. The Morgan fingerprint density at radius 1 is 1.35 bits per heavy atom. The van der Waals surface area contributed by atoms with Crippen LogP contribution in [0.5, 0.6) is 5.75 Å². The molecule has 1 aromatic carbocycles. The van der Waals surface area contributed by atoms with E-state index in [2.05, 4.69) is 26.1 Å². The minimum atomic E-state index is 0.0418. The van der Waals surface area contributed by atoms with E-state index in [0.29, 0.717) is 19.6 Å². The third-order valence-electron chi connectivity index (χ3n) is 3.23. The largest absolute Gasteiger partial charge is 0.491 e. The van der Waals surface area contributed by atoms with Gasteiger partial charge in [0.1, 0.15) is 5.75 Å². The maximum Gasteiger partial charge on any atom is 0.228 e. The Morgan fingerprint density at radius 3 is 2.85 bits per heavy atom. The van der Waals surface area contributed by atoms with Crippen molar-refractivity contribution in [2.45, 2.75) is 39.2 Å². The van der Waals surface area contributed by atoms with Gasteiger partial charge in [0.15, 0.2) is 0 Å². The SMILES string of the molecule is CC(C)(C)NCCC(=O)N1CCCOc2ccccc21. The summed E-state index contributed by atoms with van der Waals surface area (Å²) < 4.78 is 5.68. The Balaban J connectivity index is 2.02. The normalized spacial score (nSPS) is 15.2. The molecule has 20 heavy (non-hydrogen) atoms. The number of fused-ring (bicyclic) bond motifs is 1. The van der Waals surface area contributed by atoms with Gasteiger partial charge in [0, 0.05) is 25.0 Å². The van der Waals surface area contributed by atoms with Crippen LogP contribution >= 0.6 is 0 Å². The van der Waals surface area contributed by atoms with Crippen molar-refractivity contribution in [1.29, 1.82) is 0 Å². The zero-order chi connectivity index (χ0) is 14.6. The van der Waals surface area contributed by atoms with Crippen molar-refractivity contribution < 1.29 is 9.53 Å². The summed E-state index contributed by atoms with van der Waals surface area (Å²) in [7, 11) is 0. The van der Waals surface area contributed by atoms with Gasteiger partial charge in [-0.1, -0.05) is 12.1 Å². The molecule has 1 aliphatic rings. The Morgan fingerprint density at radius 2 is 2.10 bits per heavy atom. The van der Waals surface area contributed by atoms with Crippen LogP contribution in [0.15, 0.2) is 24.3 Å². The van der Waals surface area contributed by atoms with Crippen molar-refractivity contribution in [2.75, 3.05) is 24.6 Å². The van der Waals surface area contributed by atoms with E-state index < -0.39 is 0 Å². The van der Waals surface area contributed by atoms with Gasteiger partial charge in [-0.15, -0.1) is 0 Å². The molecule has 0 unspecified atom stereocenters. The monoisotopic (exact) mass is 276 g/mol. The molecular formula is C16H24N2O2. The molecular weight excluding hydrogens is 252 g/mol. The number of carbonyl (C=O) groups is 1. The molecule has 1 N–H and O–H groups in total. The summed E-state index contributed by atoms with van der Waals surface area (Å²) in [6.07, 6.45) is 1.37. The second-order valence-electron chi connectivity index (χ2n) is 6.14. The lowest BCUT2D eigenvalue weighted by molar-refractivity contribution is -0.118. The molecule has 0 aromatic heterocycles. The van der Waals surface area contributed by atoms with Crippen LogP contribution in [0.3, 0.4) is 0 Å². The van der Waals surface area contributed by atoms with Gasteiger partial charge in [-0.05, 0) is 39.3 Å². The predicted octanol–water partition coefficient (Wildman–Crippen LogP) is 2.58.